The second-order valence-corrected chi connectivity index (χ2v) is 4.24. The van der Waals surface area contributed by atoms with Crippen molar-refractivity contribution >= 4 is 18.0 Å². The van der Waals surface area contributed by atoms with Crippen LogP contribution in [0.25, 0.3) is 0 Å². The number of esters is 1. The molecule has 1 N–H and O–H groups in total. The first-order valence-electron chi connectivity index (χ1n) is 6.62. The average molecular weight is 309 g/mol. The molecule has 0 aliphatic carbocycles. The van der Waals surface area contributed by atoms with Gasteiger partial charge in [-0.25, -0.2) is 9.59 Å². The van der Waals surface area contributed by atoms with Crippen LogP contribution in [0.1, 0.15) is 6.92 Å². The van der Waals surface area contributed by atoms with Crippen LogP contribution in [0.3, 0.4) is 0 Å². The van der Waals surface area contributed by atoms with Crippen molar-refractivity contribution in [3.8, 4) is 11.5 Å². The molecule has 8 nitrogen and oxygen atoms in total. The number of rotatable bonds is 4. The first-order valence-corrected chi connectivity index (χ1v) is 6.62. The van der Waals surface area contributed by atoms with Crippen LogP contribution in [0, 0.1) is 0 Å². The topological polar surface area (TPSA) is 100 Å². The molecule has 118 valence electrons. The van der Waals surface area contributed by atoms with Crippen LogP contribution in [-0.2, 0) is 19.1 Å². The maximum atomic E-state index is 11.8. The minimum absolute atomic E-state index is 0.0185. The van der Waals surface area contributed by atoms with Crippen LogP contribution >= 0.6 is 0 Å². The quantitative estimate of drug-likeness (QED) is 0.815. The molecule has 2 rings (SSSR count). The summed E-state index contributed by atoms with van der Waals surface area (Å²) < 4.78 is 20.1. The lowest BCUT2D eigenvalue weighted by Gasteiger charge is -2.24. The van der Waals surface area contributed by atoms with E-state index in [1.165, 1.54) is 0 Å². The molecule has 1 heterocycles. The van der Waals surface area contributed by atoms with E-state index in [0.717, 1.165) is 0 Å². The van der Waals surface area contributed by atoms with Crippen LogP contribution in [0.4, 0.5) is 4.79 Å². The molecule has 0 radical (unpaired) electrons. The van der Waals surface area contributed by atoms with Crippen LogP contribution in [0.2, 0.25) is 0 Å². The fourth-order valence-corrected chi connectivity index (χ4v) is 1.68. The van der Waals surface area contributed by atoms with Gasteiger partial charge in [-0.1, -0.05) is 12.1 Å². The second-order valence-electron chi connectivity index (χ2n) is 4.24. The Kier molecular flexibility index (Phi) is 5.18. The summed E-state index contributed by atoms with van der Waals surface area (Å²) in [5.41, 5.74) is 0. The van der Waals surface area contributed by atoms with E-state index in [1.54, 1.807) is 31.2 Å². The smallest absolute Gasteiger partial charge is 0.413 e. The van der Waals surface area contributed by atoms with Crippen molar-refractivity contribution < 1.29 is 33.3 Å². The zero-order valence-corrected chi connectivity index (χ0v) is 11.9. The number of amides is 2. The lowest BCUT2D eigenvalue weighted by atomic mass is 10.2. The Labute approximate surface area is 126 Å². The summed E-state index contributed by atoms with van der Waals surface area (Å²) in [6.07, 6.45) is -1.86. The number of hydrogen-bond acceptors (Lipinski definition) is 7. The average Bonchev–Trinajstić information content (AvgIpc) is 2.52. The number of para-hydroxylation sites is 2. The lowest BCUT2D eigenvalue weighted by Crippen LogP contribution is -2.40. The molecule has 22 heavy (non-hydrogen) atoms. The monoisotopic (exact) mass is 309 g/mol. The van der Waals surface area contributed by atoms with E-state index in [4.69, 9.17) is 14.2 Å². The summed E-state index contributed by atoms with van der Waals surface area (Å²) in [6.45, 7) is 1.10. The zero-order valence-electron chi connectivity index (χ0n) is 11.9. The van der Waals surface area contributed by atoms with E-state index in [9.17, 15) is 14.4 Å². The number of hydrogen-bond donors (Lipinski definition) is 1. The van der Waals surface area contributed by atoms with Crippen LogP contribution in [0.15, 0.2) is 24.3 Å². The molecule has 0 spiro atoms. The number of fused-ring (bicyclic) bond motifs is 1. The van der Waals surface area contributed by atoms with Crippen molar-refractivity contribution in [1.29, 1.82) is 0 Å². The van der Waals surface area contributed by atoms with Gasteiger partial charge in [0, 0.05) is 0 Å². The van der Waals surface area contributed by atoms with Gasteiger partial charge >= 0.3 is 12.1 Å². The van der Waals surface area contributed by atoms with Crippen LogP contribution < -0.4 is 14.8 Å². The molecule has 0 saturated heterocycles. The van der Waals surface area contributed by atoms with E-state index in [1.807, 2.05) is 5.32 Å². The molecule has 2 amide bonds. The Morgan fingerprint density at radius 2 is 1.95 bits per heavy atom. The van der Waals surface area contributed by atoms with Gasteiger partial charge in [-0.15, -0.1) is 0 Å². The first kappa shape index (κ1) is 15.6. The number of nitrogens with one attached hydrogen (secondary N) is 1. The molecule has 1 aromatic carbocycles. The molecule has 0 fully saturated rings. The molecular formula is C14H15NO7. The van der Waals surface area contributed by atoms with Gasteiger partial charge in [0.25, 0.3) is 5.91 Å². The number of carbonyl (C=O) groups excluding carboxylic acids is 3. The minimum atomic E-state index is -0.967. The Morgan fingerprint density at radius 1 is 1.23 bits per heavy atom. The summed E-state index contributed by atoms with van der Waals surface area (Å²) in [6, 6.07) is 6.88. The summed E-state index contributed by atoms with van der Waals surface area (Å²) in [4.78, 5) is 34.2. The summed E-state index contributed by atoms with van der Waals surface area (Å²) >= 11 is 0. The summed E-state index contributed by atoms with van der Waals surface area (Å²) in [5, 5.41) is 1.91. The lowest BCUT2D eigenvalue weighted by molar-refractivity contribution is -0.157. The molecule has 1 aromatic rings. The Morgan fingerprint density at radius 3 is 2.68 bits per heavy atom. The van der Waals surface area contributed by atoms with E-state index >= 15 is 0 Å². The third-order valence-corrected chi connectivity index (χ3v) is 2.63. The van der Waals surface area contributed by atoms with Crippen molar-refractivity contribution in [3.05, 3.63) is 24.3 Å². The predicted octanol–water partition coefficient (Wildman–Crippen LogP) is 0.642. The molecule has 1 atom stereocenters. The standard InChI is InChI=1S/C14H15NO7/c1-2-19-14(18)15-12(16)8-21-13(17)11-7-20-9-5-3-4-6-10(9)22-11/h3-6,11H,2,7-8H2,1H3,(H,15,16,18). The number of imide groups is 1. The highest BCUT2D eigenvalue weighted by Gasteiger charge is 2.29. The Bertz CT molecular complexity index is 572. The zero-order chi connectivity index (χ0) is 15.9. The van der Waals surface area contributed by atoms with Crippen molar-refractivity contribution in [2.24, 2.45) is 0 Å². The van der Waals surface area contributed by atoms with Gasteiger partial charge in [0.05, 0.1) is 6.61 Å². The Hall–Kier alpha value is -2.77. The normalized spacial score (nSPS) is 15.6. The largest absolute Gasteiger partial charge is 0.485 e. The van der Waals surface area contributed by atoms with Crippen molar-refractivity contribution in [2.75, 3.05) is 19.8 Å². The molecule has 0 aromatic heterocycles. The number of benzene rings is 1. The van der Waals surface area contributed by atoms with Crippen LogP contribution in [0.5, 0.6) is 11.5 Å². The summed E-state index contributed by atoms with van der Waals surface area (Å²) in [5.74, 6) is -0.587. The molecule has 1 unspecified atom stereocenters. The first-order chi connectivity index (χ1) is 10.6. The van der Waals surface area contributed by atoms with Gasteiger partial charge in [0.1, 0.15) is 6.61 Å². The minimum Gasteiger partial charge on any atom is -0.485 e. The maximum absolute atomic E-state index is 11.8. The van der Waals surface area contributed by atoms with E-state index in [0.29, 0.717) is 11.5 Å². The Balaban J connectivity index is 1.79. The van der Waals surface area contributed by atoms with Crippen LogP contribution in [-0.4, -0.2) is 43.9 Å². The highest BCUT2D eigenvalue weighted by atomic mass is 16.6. The predicted molar refractivity (Wildman–Crippen MR) is 72.5 cm³/mol. The third-order valence-electron chi connectivity index (χ3n) is 2.63. The molecule has 1 aliphatic heterocycles. The molecule has 1 aliphatic rings. The van der Waals surface area contributed by atoms with Crippen molar-refractivity contribution in [3.63, 3.8) is 0 Å². The van der Waals surface area contributed by atoms with Crippen molar-refractivity contribution in [2.45, 2.75) is 13.0 Å². The highest BCUT2D eigenvalue weighted by Crippen LogP contribution is 2.30. The molecule has 0 saturated carbocycles. The number of carbonyl (C=O) groups is 3. The number of alkyl carbamates (subject to hydrolysis) is 1. The summed E-state index contributed by atoms with van der Waals surface area (Å²) in [7, 11) is 0. The molecule has 8 heteroatoms. The second kappa shape index (κ2) is 7.30. The molecule has 0 bridgehead atoms. The molecular weight excluding hydrogens is 294 g/mol. The van der Waals surface area contributed by atoms with E-state index in [-0.39, 0.29) is 13.2 Å². The fourth-order valence-electron chi connectivity index (χ4n) is 1.68. The maximum Gasteiger partial charge on any atom is 0.413 e. The van der Waals surface area contributed by atoms with Gasteiger partial charge in [0.15, 0.2) is 18.1 Å². The van der Waals surface area contributed by atoms with Gasteiger partial charge in [-0.2, -0.15) is 0 Å². The highest BCUT2D eigenvalue weighted by molar-refractivity contribution is 5.93. The van der Waals surface area contributed by atoms with Gasteiger partial charge < -0.3 is 18.9 Å². The van der Waals surface area contributed by atoms with Gasteiger partial charge in [-0.3, -0.25) is 10.1 Å². The third kappa shape index (κ3) is 4.11. The fraction of sp³-hybridized carbons (Fsp3) is 0.357. The van der Waals surface area contributed by atoms with Crippen molar-refractivity contribution in [1.82, 2.24) is 5.32 Å². The van der Waals surface area contributed by atoms with Gasteiger partial charge in [-0.05, 0) is 19.1 Å². The van der Waals surface area contributed by atoms with E-state index < -0.39 is 30.7 Å². The van der Waals surface area contributed by atoms with Gasteiger partial charge in [0.2, 0.25) is 6.10 Å². The number of ether oxygens (including phenoxy) is 4. The van der Waals surface area contributed by atoms with E-state index in [2.05, 4.69) is 4.74 Å². The SMILES string of the molecule is CCOC(=O)NC(=O)COC(=O)C1COc2ccccc2O1.